The van der Waals surface area contributed by atoms with Crippen LogP contribution in [-0.4, -0.2) is 25.7 Å². The average Bonchev–Trinajstić information content (AvgIpc) is 2.91. The Morgan fingerprint density at radius 3 is 2.59 bits per heavy atom. The van der Waals surface area contributed by atoms with Crippen LogP contribution in [0.15, 0.2) is 73.4 Å². The molecule has 1 aromatic heterocycles. The van der Waals surface area contributed by atoms with Crippen LogP contribution in [0.2, 0.25) is 0 Å². The molecule has 0 aliphatic carbocycles. The van der Waals surface area contributed by atoms with Crippen molar-refractivity contribution in [2.45, 2.75) is 32.8 Å². The number of aromatic nitrogens is 2. The van der Waals surface area contributed by atoms with Gasteiger partial charge in [0.25, 0.3) is 11.2 Å². The van der Waals surface area contributed by atoms with Gasteiger partial charge in [0, 0.05) is 34.7 Å². The number of nitro groups is 2. The summed E-state index contributed by atoms with van der Waals surface area (Å²) in [6.45, 7) is 1.91. The van der Waals surface area contributed by atoms with E-state index in [2.05, 4.69) is 41.9 Å². The van der Waals surface area contributed by atoms with Gasteiger partial charge >= 0.3 is 5.69 Å². The summed E-state index contributed by atoms with van der Waals surface area (Å²) in [6, 6.07) is 13.9. The first kappa shape index (κ1) is 28.0. The zero-order chi connectivity index (χ0) is 28.1. The molecule has 0 N–H and O–H groups in total. The van der Waals surface area contributed by atoms with Crippen molar-refractivity contribution in [1.29, 1.82) is 0 Å². The molecule has 3 aromatic carbocycles. The van der Waals surface area contributed by atoms with Gasteiger partial charge < -0.3 is 4.74 Å². The van der Waals surface area contributed by atoms with Gasteiger partial charge in [0.05, 0.1) is 31.4 Å². The second kappa shape index (κ2) is 12.3. The largest absolute Gasteiger partial charge is 0.481 e. The van der Waals surface area contributed by atoms with Gasteiger partial charge in [0.1, 0.15) is 12.4 Å². The van der Waals surface area contributed by atoms with Gasteiger partial charge in [-0.15, -0.1) is 0 Å². The minimum absolute atomic E-state index is 0.0401. The van der Waals surface area contributed by atoms with Crippen LogP contribution in [0.5, 0.6) is 5.75 Å². The van der Waals surface area contributed by atoms with E-state index in [1.54, 1.807) is 24.3 Å². The van der Waals surface area contributed by atoms with Crippen LogP contribution < -0.4 is 10.3 Å². The summed E-state index contributed by atoms with van der Waals surface area (Å²) in [7, 11) is 0. The Morgan fingerprint density at radius 2 is 1.87 bits per heavy atom. The highest BCUT2D eigenvalue weighted by atomic mass is 79.9. The first-order chi connectivity index (χ1) is 18.7. The molecule has 0 saturated heterocycles. The Hall–Kier alpha value is -3.97. The molecule has 0 aliphatic rings. The molecule has 0 spiro atoms. The maximum Gasteiger partial charge on any atom is 0.312 e. The lowest BCUT2D eigenvalue weighted by Gasteiger charge is -2.11. The van der Waals surface area contributed by atoms with Crippen LogP contribution in [0.1, 0.15) is 36.7 Å². The highest BCUT2D eigenvalue weighted by Crippen LogP contribution is 2.37. The second-order valence-electron chi connectivity index (χ2n) is 8.48. The average molecular weight is 659 g/mol. The number of aryl methyl sites for hydroxylation is 1. The Bertz CT molecular complexity index is 1670. The number of halogens is 2. The summed E-state index contributed by atoms with van der Waals surface area (Å²) in [5.74, 6) is 0.445. The standard InChI is InChI=1S/C26H21Br2N5O6/c1-2-3-7-24-30-22-9-8-18(27)13-20(22)26(34)31(24)29-14-17-11-21(28)25(23(12-17)33(37)38)39-15-16-5-4-6-19(10-16)32(35)36/h4-6,8-14H,2-3,7,15H2,1H3. The third-order valence-corrected chi connectivity index (χ3v) is 6.78. The fourth-order valence-electron chi connectivity index (χ4n) is 3.80. The molecule has 0 fully saturated rings. The van der Waals surface area contributed by atoms with Crippen LogP contribution in [0, 0.1) is 20.2 Å². The van der Waals surface area contributed by atoms with E-state index >= 15 is 0 Å². The van der Waals surface area contributed by atoms with E-state index in [0.717, 1.165) is 17.3 Å². The molecular weight excluding hydrogens is 638 g/mol. The molecule has 200 valence electrons. The van der Waals surface area contributed by atoms with Crippen molar-refractivity contribution >= 4 is 60.4 Å². The molecule has 0 atom stereocenters. The molecule has 13 heteroatoms. The zero-order valence-corrected chi connectivity index (χ0v) is 23.7. The third-order valence-electron chi connectivity index (χ3n) is 5.70. The lowest BCUT2D eigenvalue weighted by atomic mass is 10.2. The molecule has 0 bridgehead atoms. The Kier molecular flexibility index (Phi) is 8.82. The number of hydrogen-bond donors (Lipinski definition) is 0. The molecule has 1 heterocycles. The van der Waals surface area contributed by atoms with Crippen molar-refractivity contribution in [2.75, 3.05) is 0 Å². The van der Waals surface area contributed by atoms with Gasteiger partial charge in [-0.1, -0.05) is 41.4 Å². The van der Waals surface area contributed by atoms with E-state index in [9.17, 15) is 25.0 Å². The summed E-state index contributed by atoms with van der Waals surface area (Å²) >= 11 is 6.70. The summed E-state index contributed by atoms with van der Waals surface area (Å²) in [5, 5.41) is 27.6. The summed E-state index contributed by atoms with van der Waals surface area (Å²) in [6.07, 6.45) is 3.58. The van der Waals surface area contributed by atoms with Crippen LogP contribution >= 0.6 is 31.9 Å². The first-order valence-electron chi connectivity index (χ1n) is 11.8. The molecule has 4 rings (SSSR count). The van der Waals surface area contributed by atoms with Crippen LogP contribution in [-0.2, 0) is 13.0 Å². The summed E-state index contributed by atoms with van der Waals surface area (Å²) < 4.78 is 7.91. The minimum Gasteiger partial charge on any atom is -0.481 e. The van der Waals surface area contributed by atoms with Gasteiger partial charge in [-0.3, -0.25) is 25.0 Å². The van der Waals surface area contributed by atoms with Crippen molar-refractivity contribution in [3.8, 4) is 5.75 Å². The number of ether oxygens (including phenoxy) is 1. The number of nitrogens with zero attached hydrogens (tertiary/aromatic N) is 5. The molecule has 0 amide bonds. The summed E-state index contributed by atoms with van der Waals surface area (Å²) in [4.78, 5) is 39.7. The Labute approximate surface area is 238 Å². The first-order valence-corrected chi connectivity index (χ1v) is 13.4. The van der Waals surface area contributed by atoms with Crippen LogP contribution in [0.25, 0.3) is 10.9 Å². The highest BCUT2D eigenvalue weighted by Gasteiger charge is 2.21. The number of rotatable bonds is 10. The number of benzene rings is 3. The van der Waals surface area contributed by atoms with Crippen molar-refractivity contribution in [3.05, 3.63) is 111 Å². The number of non-ortho nitro benzene ring substituents is 1. The van der Waals surface area contributed by atoms with Crippen molar-refractivity contribution < 1.29 is 14.6 Å². The lowest BCUT2D eigenvalue weighted by Crippen LogP contribution is -2.22. The Morgan fingerprint density at radius 1 is 1.08 bits per heavy atom. The number of hydrogen-bond acceptors (Lipinski definition) is 8. The van der Waals surface area contributed by atoms with E-state index in [1.165, 1.54) is 35.2 Å². The monoisotopic (exact) mass is 657 g/mol. The van der Waals surface area contributed by atoms with Crippen molar-refractivity contribution in [1.82, 2.24) is 9.66 Å². The lowest BCUT2D eigenvalue weighted by molar-refractivity contribution is -0.386. The molecule has 4 aromatic rings. The predicted octanol–water partition coefficient (Wildman–Crippen LogP) is 6.54. The van der Waals surface area contributed by atoms with Gasteiger partial charge in [0.15, 0.2) is 0 Å². The second-order valence-corrected chi connectivity index (χ2v) is 10.2. The van der Waals surface area contributed by atoms with Crippen LogP contribution in [0.3, 0.4) is 0 Å². The SMILES string of the molecule is CCCCc1nc2ccc(Br)cc2c(=O)n1N=Cc1cc(Br)c(OCc2cccc([N+](=O)[O-])c2)c([N+](=O)[O-])c1. The molecule has 0 saturated carbocycles. The third kappa shape index (κ3) is 6.55. The smallest absolute Gasteiger partial charge is 0.312 e. The maximum absolute atomic E-state index is 13.3. The van der Waals surface area contributed by atoms with Crippen molar-refractivity contribution in [2.24, 2.45) is 5.10 Å². The zero-order valence-electron chi connectivity index (χ0n) is 20.5. The molecular formula is C26H21Br2N5O6. The quantitative estimate of drug-likeness (QED) is 0.107. The number of unbranched alkanes of at least 4 members (excludes halogenated alkanes) is 1. The van der Waals surface area contributed by atoms with Gasteiger partial charge in [-0.25, -0.2) is 4.98 Å². The van der Waals surface area contributed by atoms with Gasteiger partial charge in [-0.2, -0.15) is 9.78 Å². The molecule has 0 aliphatic heterocycles. The topological polar surface area (TPSA) is 143 Å². The van der Waals surface area contributed by atoms with E-state index in [0.29, 0.717) is 34.3 Å². The maximum atomic E-state index is 13.3. The fraction of sp³-hybridized carbons (Fsp3) is 0.192. The van der Waals surface area contributed by atoms with Crippen molar-refractivity contribution in [3.63, 3.8) is 0 Å². The normalized spacial score (nSPS) is 11.3. The minimum atomic E-state index is -0.598. The molecule has 39 heavy (non-hydrogen) atoms. The predicted molar refractivity (Wildman–Crippen MR) is 154 cm³/mol. The Balaban J connectivity index is 1.69. The van der Waals surface area contributed by atoms with Gasteiger partial charge in [0.2, 0.25) is 5.75 Å². The molecule has 0 unspecified atom stereocenters. The fourth-order valence-corrected chi connectivity index (χ4v) is 4.75. The van der Waals surface area contributed by atoms with E-state index < -0.39 is 9.85 Å². The van der Waals surface area contributed by atoms with Crippen LogP contribution in [0.4, 0.5) is 11.4 Å². The van der Waals surface area contributed by atoms with Gasteiger partial charge in [-0.05, 0) is 52.2 Å². The highest BCUT2D eigenvalue weighted by molar-refractivity contribution is 9.10. The van der Waals surface area contributed by atoms with E-state index in [-0.39, 0.29) is 33.8 Å². The number of fused-ring (bicyclic) bond motifs is 1. The molecule has 0 radical (unpaired) electrons. The number of nitro benzene ring substituents is 2. The van der Waals surface area contributed by atoms with E-state index in [4.69, 9.17) is 4.74 Å². The van der Waals surface area contributed by atoms with E-state index in [1.807, 2.05) is 13.0 Å². The summed E-state index contributed by atoms with van der Waals surface area (Å²) in [5.41, 5.74) is 0.582. The molecule has 11 nitrogen and oxygen atoms in total.